The molecule has 1 atom stereocenters. The number of rotatable bonds is 4. The highest BCUT2D eigenvalue weighted by atomic mass is 32.1. The van der Waals surface area contributed by atoms with E-state index in [1.165, 1.54) is 15.8 Å². The van der Waals surface area contributed by atoms with Gasteiger partial charge in [0.15, 0.2) is 0 Å². The Balaban J connectivity index is 1.54. The van der Waals surface area contributed by atoms with E-state index in [0.29, 0.717) is 12.5 Å². The molecule has 0 bridgehead atoms. The van der Waals surface area contributed by atoms with Crippen LogP contribution in [0.1, 0.15) is 43.2 Å². The SMILES string of the molecule is CC(C)(C)[C@H]1CCc2c(sc3ncn(CC(=O)NCc4ccccc4)c(=O)c23)C1. The average molecular weight is 410 g/mol. The zero-order valence-corrected chi connectivity index (χ0v) is 18.0. The lowest BCUT2D eigenvalue weighted by molar-refractivity contribution is -0.121. The van der Waals surface area contributed by atoms with Crippen LogP contribution < -0.4 is 10.9 Å². The van der Waals surface area contributed by atoms with Gasteiger partial charge in [0.1, 0.15) is 11.4 Å². The van der Waals surface area contributed by atoms with Crippen molar-refractivity contribution in [2.75, 3.05) is 0 Å². The number of benzene rings is 1. The molecule has 1 N–H and O–H groups in total. The Morgan fingerprint density at radius 2 is 2.03 bits per heavy atom. The van der Waals surface area contributed by atoms with Crippen LogP contribution >= 0.6 is 11.3 Å². The van der Waals surface area contributed by atoms with Crippen LogP contribution in [0.15, 0.2) is 41.5 Å². The summed E-state index contributed by atoms with van der Waals surface area (Å²) in [5, 5.41) is 3.60. The van der Waals surface area contributed by atoms with E-state index in [2.05, 4.69) is 31.1 Å². The molecule has 1 amide bonds. The Hall–Kier alpha value is -2.47. The number of thiophene rings is 1. The number of hydrogen-bond acceptors (Lipinski definition) is 4. The molecule has 0 unspecified atom stereocenters. The Bertz CT molecular complexity index is 1090. The van der Waals surface area contributed by atoms with Gasteiger partial charge >= 0.3 is 0 Å². The third-order valence-corrected chi connectivity index (χ3v) is 7.07. The van der Waals surface area contributed by atoms with Crippen molar-refractivity contribution in [2.45, 2.75) is 53.1 Å². The summed E-state index contributed by atoms with van der Waals surface area (Å²) in [5.74, 6) is 0.433. The molecule has 0 saturated heterocycles. The Morgan fingerprint density at radius 3 is 2.76 bits per heavy atom. The quantitative estimate of drug-likeness (QED) is 0.710. The van der Waals surface area contributed by atoms with Crippen LogP contribution in [-0.4, -0.2) is 15.5 Å². The summed E-state index contributed by atoms with van der Waals surface area (Å²) in [4.78, 5) is 32.1. The molecule has 2 aromatic heterocycles. The molecule has 29 heavy (non-hydrogen) atoms. The van der Waals surface area contributed by atoms with Gasteiger partial charge < -0.3 is 5.32 Å². The number of amides is 1. The smallest absolute Gasteiger partial charge is 0.262 e. The van der Waals surface area contributed by atoms with Gasteiger partial charge in [-0.3, -0.25) is 14.2 Å². The largest absolute Gasteiger partial charge is 0.350 e. The van der Waals surface area contributed by atoms with Gasteiger partial charge in [0.2, 0.25) is 5.91 Å². The van der Waals surface area contributed by atoms with Crippen molar-refractivity contribution in [3.63, 3.8) is 0 Å². The van der Waals surface area contributed by atoms with Gasteiger partial charge in [-0.05, 0) is 41.7 Å². The number of hydrogen-bond donors (Lipinski definition) is 1. The van der Waals surface area contributed by atoms with E-state index in [4.69, 9.17) is 0 Å². The predicted molar refractivity (Wildman–Crippen MR) is 117 cm³/mol. The van der Waals surface area contributed by atoms with Gasteiger partial charge in [-0.2, -0.15) is 0 Å². The van der Waals surface area contributed by atoms with Crippen LogP contribution in [-0.2, 0) is 30.7 Å². The summed E-state index contributed by atoms with van der Waals surface area (Å²) < 4.78 is 1.44. The highest BCUT2D eigenvalue weighted by Gasteiger charge is 2.31. The molecule has 3 aromatic rings. The number of carbonyl (C=O) groups is 1. The monoisotopic (exact) mass is 409 g/mol. The van der Waals surface area contributed by atoms with Crippen molar-refractivity contribution >= 4 is 27.5 Å². The number of nitrogens with zero attached hydrogens (tertiary/aromatic N) is 2. The average Bonchev–Trinajstić information content (AvgIpc) is 3.07. The number of nitrogens with one attached hydrogen (secondary N) is 1. The second kappa shape index (κ2) is 7.75. The first-order valence-electron chi connectivity index (χ1n) is 10.1. The summed E-state index contributed by atoms with van der Waals surface area (Å²) in [5.41, 5.74) is 2.35. The van der Waals surface area contributed by atoms with Crippen LogP contribution in [0.25, 0.3) is 10.2 Å². The molecular formula is C23H27N3O2S. The van der Waals surface area contributed by atoms with E-state index >= 15 is 0 Å². The summed E-state index contributed by atoms with van der Waals surface area (Å²) in [6.45, 7) is 7.30. The van der Waals surface area contributed by atoms with Crippen LogP contribution in [0.2, 0.25) is 0 Å². The fraction of sp³-hybridized carbons (Fsp3) is 0.435. The summed E-state index contributed by atoms with van der Waals surface area (Å²) in [6.07, 6.45) is 4.53. The first-order valence-corrected chi connectivity index (χ1v) is 10.9. The zero-order chi connectivity index (χ0) is 20.6. The van der Waals surface area contributed by atoms with Crippen molar-refractivity contribution < 1.29 is 4.79 Å². The van der Waals surface area contributed by atoms with E-state index in [1.54, 1.807) is 11.3 Å². The Morgan fingerprint density at radius 1 is 1.28 bits per heavy atom. The molecule has 1 aliphatic carbocycles. The number of aromatic nitrogens is 2. The molecule has 5 nitrogen and oxygen atoms in total. The molecule has 0 spiro atoms. The molecule has 0 saturated carbocycles. The Labute approximate surface area is 174 Å². The van der Waals surface area contributed by atoms with E-state index < -0.39 is 0 Å². The van der Waals surface area contributed by atoms with Gasteiger partial charge in [0.05, 0.1) is 11.7 Å². The lowest BCUT2D eigenvalue weighted by atomic mass is 9.72. The predicted octanol–water partition coefficient (Wildman–Crippen LogP) is 3.93. The van der Waals surface area contributed by atoms with Gasteiger partial charge in [0.25, 0.3) is 5.56 Å². The third kappa shape index (κ3) is 4.13. The van der Waals surface area contributed by atoms with E-state index in [-0.39, 0.29) is 23.4 Å². The summed E-state index contributed by atoms with van der Waals surface area (Å²) >= 11 is 1.64. The maximum atomic E-state index is 13.1. The molecule has 6 heteroatoms. The maximum absolute atomic E-state index is 13.1. The van der Waals surface area contributed by atoms with Crippen LogP contribution in [0.4, 0.5) is 0 Å². The minimum Gasteiger partial charge on any atom is -0.350 e. The van der Waals surface area contributed by atoms with Crippen molar-refractivity contribution in [2.24, 2.45) is 11.3 Å². The normalized spacial score (nSPS) is 16.6. The second-order valence-electron chi connectivity index (χ2n) is 8.93. The topological polar surface area (TPSA) is 64.0 Å². The van der Waals surface area contributed by atoms with E-state index in [0.717, 1.165) is 40.6 Å². The van der Waals surface area contributed by atoms with Crippen LogP contribution in [0.5, 0.6) is 0 Å². The van der Waals surface area contributed by atoms with Crippen LogP contribution in [0.3, 0.4) is 0 Å². The lowest BCUT2D eigenvalue weighted by Crippen LogP contribution is -2.32. The Kier molecular flexibility index (Phi) is 5.30. The highest BCUT2D eigenvalue weighted by Crippen LogP contribution is 2.41. The van der Waals surface area contributed by atoms with Crippen molar-refractivity contribution in [3.05, 3.63) is 63.0 Å². The highest BCUT2D eigenvalue weighted by molar-refractivity contribution is 7.18. The van der Waals surface area contributed by atoms with Gasteiger partial charge in [-0.1, -0.05) is 51.1 Å². The first kappa shape index (κ1) is 19.8. The lowest BCUT2D eigenvalue weighted by Gasteiger charge is -2.33. The zero-order valence-electron chi connectivity index (χ0n) is 17.2. The summed E-state index contributed by atoms with van der Waals surface area (Å²) in [7, 11) is 0. The summed E-state index contributed by atoms with van der Waals surface area (Å²) in [6, 6.07) is 9.74. The molecule has 4 rings (SSSR count). The number of aryl methyl sites for hydroxylation is 1. The fourth-order valence-corrected chi connectivity index (χ4v) is 5.32. The van der Waals surface area contributed by atoms with Crippen LogP contribution in [0, 0.1) is 11.3 Å². The molecular weight excluding hydrogens is 382 g/mol. The molecule has 0 radical (unpaired) electrons. The molecule has 2 heterocycles. The molecule has 152 valence electrons. The van der Waals surface area contributed by atoms with E-state index in [9.17, 15) is 9.59 Å². The standard InChI is InChI=1S/C23H27N3O2S/c1-23(2,3)16-9-10-17-18(11-16)29-21-20(17)22(28)26(14-25-21)13-19(27)24-12-15-7-5-4-6-8-15/h4-8,14,16H,9-13H2,1-3H3,(H,24,27)/t16-/m0/s1. The molecule has 1 aliphatic rings. The molecule has 1 aromatic carbocycles. The minimum atomic E-state index is -0.186. The van der Waals surface area contributed by atoms with Crippen molar-refractivity contribution in [3.8, 4) is 0 Å². The van der Waals surface area contributed by atoms with E-state index in [1.807, 2.05) is 30.3 Å². The van der Waals surface area contributed by atoms with Crippen molar-refractivity contribution in [1.29, 1.82) is 0 Å². The fourth-order valence-electron chi connectivity index (χ4n) is 4.06. The maximum Gasteiger partial charge on any atom is 0.262 e. The van der Waals surface area contributed by atoms with Gasteiger partial charge in [-0.15, -0.1) is 11.3 Å². The number of carbonyl (C=O) groups excluding carboxylic acids is 1. The number of fused-ring (bicyclic) bond motifs is 3. The van der Waals surface area contributed by atoms with Gasteiger partial charge in [-0.25, -0.2) is 4.98 Å². The van der Waals surface area contributed by atoms with Gasteiger partial charge in [0, 0.05) is 11.4 Å². The second-order valence-corrected chi connectivity index (χ2v) is 10.0. The minimum absolute atomic E-state index is 0.0101. The molecule has 0 fully saturated rings. The molecule has 0 aliphatic heterocycles. The first-order chi connectivity index (χ1) is 13.8. The third-order valence-electron chi connectivity index (χ3n) is 5.91. The van der Waals surface area contributed by atoms with Crippen molar-refractivity contribution in [1.82, 2.24) is 14.9 Å².